The molecular weight excluding hydrogens is 358 g/mol. The number of ketones is 1. The number of aromatic nitrogens is 1. The van der Waals surface area contributed by atoms with Crippen LogP contribution in [0.15, 0.2) is 52.5 Å². The molecular formula is C21H23N3O2S. The van der Waals surface area contributed by atoms with Gasteiger partial charge in [-0.3, -0.25) is 9.59 Å². The van der Waals surface area contributed by atoms with Gasteiger partial charge >= 0.3 is 0 Å². The number of nitrogens with one attached hydrogen (secondary N) is 1. The Balaban J connectivity index is 1.36. The lowest BCUT2D eigenvalue weighted by atomic mass is 9.84. The lowest BCUT2D eigenvalue weighted by Crippen LogP contribution is -2.57. The number of fused-ring (bicyclic) bond motifs is 3. The number of amides is 1. The summed E-state index contributed by atoms with van der Waals surface area (Å²) in [5.74, 6) is 0.643. The van der Waals surface area contributed by atoms with Crippen molar-refractivity contribution in [1.82, 2.24) is 15.2 Å². The van der Waals surface area contributed by atoms with Crippen molar-refractivity contribution in [3.63, 3.8) is 0 Å². The molecule has 5 rings (SSSR count). The fourth-order valence-corrected chi connectivity index (χ4v) is 4.58. The maximum atomic E-state index is 12.6. The number of piperidine rings is 3. The molecule has 3 aliphatic heterocycles. The zero-order chi connectivity index (χ0) is 18.8. The molecule has 1 N–H and O–H groups in total. The zero-order valence-electron chi connectivity index (χ0n) is 15.4. The second kappa shape index (κ2) is 7.82. The monoisotopic (exact) mass is 381 g/mol. The number of hydrogen-bond donors (Lipinski definition) is 1. The van der Waals surface area contributed by atoms with Crippen LogP contribution in [0.3, 0.4) is 0 Å². The molecule has 3 fully saturated rings. The van der Waals surface area contributed by atoms with Gasteiger partial charge in [-0.1, -0.05) is 11.8 Å². The average Bonchev–Trinajstić information content (AvgIpc) is 2.70. The lowest BCUT2D eigenvalue weighted by Gasteiger charge is -2.44. The van der Waals surface area contributed by atoms with Crippen molar-refractivity contribution in [3.8, 4) is 0 Å². The third-order valence-corrected chi connectivity index (χ3v) is 6.41. The summed E-state index contributed by atoms with van der Waals surface area (Å²) in [6, 6.07) is 11.5. The van der Waals surface area contributed by atoms with Gasteiger partial charge in [0.1, 0.15) is 5.03 Å². The average molecular weight is 382 g/mol. The normalized spacial score (nSPS) is 23.8. The summed E-state index contributed by atoms with van der Waals surface area (Å²) in [6.45, 7) is 4.85. The van der Waals surface area contributed by atoms with E-state index in [2.05, 4.69) is 15.2 Å². The van der Waals surface area contributed by atoms with E-state index in [-0.39, 0.29) is 17.7 Å². The Morgan fingerprint density at radius 1 is 1.07 bits per heavy atom. The molecule has 140 valence electrons. The van der Waals surface area contributed by atoms with E-state index in [0.29, 0.717) is 17.0 Å². The van der Waals surface area contributed by atoms with Gasteiger partial charge in [-0.15, -0.1) is 0 Å². The highest BCUT2D eigenvalue weighted by atomic mass is 32.2. The quantitative estimate of drug-likeness (QED) is 0.806. The van der Waals surface area contributed by atoms with E-state index in [1.165, 1.54) is 44.6 Å². The van der Waals surface area contributed by atoms with Crippen LogP contribution in [0, 0.1) is 5.92 Å². The summed E-state index contributed by atoms with van der Waals surface area (Å²) in [6.07, 6.45) is 3.98. The van der Waals surface area contributed by atoms with Gasteiger partial charge in [0.15, 0.2) is 5.78 Å². The van der Waals surface area contributed by atoms with Crippen LogP contribution in [0.25, 0.3) is 0 Å². The first-order valence-electron chi connectivity index (χ1n) is 9.36. The molecule has 0 saturated carbocycles. The number of pyridine rings is 1. The van der Waals surface area contributed by atoms with Gasteiger partial charge in [-0.05, 0) is 75.2 Å². The molecule has 1 amide bonds. The Labute approximate surface area is 163 Å². The second-order valence-electron chi connectivity index (χ2n) is 7.29. The van der Waals surface area contributed by atoms with E-state index in [0.717, 1.165) is 16.5 Å². The minimum atomic E-state index is 0.00855. The van der Waals surface area contributed by atoms with Crippen LogP contribution in [0.4, 0.5) is 0 Å². The smallest absolute Gasteiger partial charge is 0.251 e. The van der Waals surface area contributed by atoms with E-state index < -0.39 is 0 Å². The van der Waals surface area contributed by atoms with E-state index >= 15 is 0 Å². The SMILES string of the molecule is CC(=O)c1ccc(Sc2ccc(C(=O)NC3CN4CCC3CC4)cc2)nc1. The fourth-order valence-electron chi connectivity index (χ4n) is 3.82. The number of nitrogens with zero attached hydrogens (tertiary/aromatic N) is 2. The van der Waals surface area contributed by atoms with Gasteiger partial charge in [0.2, 0.25) is 0 Å². The van der Waals surface area contributed by atoms with Crippen molar-refractivity contribution >= 4 is 23.5 Å². The molecule has 1 aromatic carbocycles. The molecule has 0 radical (unpaired) electrons. The van der Waals surface area contributed by atoms with Gasteiger partial charge in [-0.25, -0.2) is 4.98 Å². The number of benzene rings is 1. The molecule has 3 saturated heterocycles. The highest BCUT2D eigenvalue weighted by Crippen LogP contribution is 2.28. The van der Waals surface area contributed by atoms with Crippen molar-refractivity contribution in [2.45, 2.75) is 35.7 Å². The summed E-state index contributed by atoms with van der Waals surface area (Å²) in [5, 5.41) is 4.04. The summed E-state index contributed by atoms with van der Waals surface area (Å²) < 4.78 is 0. The van der Waals surface area contributed by atoms with Crippen LogP contribution in [0.5, 0.6) is 0 Å². The van der Waals surface area contributed by atoms with E-state index in [4.69, 9.17) is 0 Å². The van der Waals surface area contributed by atoms with Crippen LogP contribution in [0.1, 0.15) is 40.5 Å². The molecule has 1 unspecified atom stereocenters. The minimum absolute atomic E-state index is 0.00855. The Morgan fingerprint density at radius 2 is 1.78 bits per heavy atom. The standard InChI is InChI=1S/C21H23N3O2S/c1-14(25)17-4-7-20(22-12-17)27-18-5-2-16(3-6-18)21(26)23-19-13-24-10-8-15(19)9-11-24/h2-7,12,15,19H,8-11,13H2,1H3,(H,23,26). The van der Waals surface area contributed by atoms with E-state index in [9.17, 15) is 9.59 Å². The van der Waals surface area contributed by atoms with E-state index in [1.807, 2.05) is 30.3 Å². The van der Waals surface area contributed by atoms with Crippen LogP contribution < -0.4 is 5.32 Å². The molecule has 2 aromatic rings. The second-order valence-corrected chi connectivity index (χ2v) is 8.38. The lowest BCUT2D eigenvalue weighted by molar-refractivity contribution is 0.0620. The Hall–Kier alpha value is -2.18. The molecule has 4 heterocycles. The highest BCUT2D eigenvalue weighted by Gasteiger charge is 2.34. The van der Waals surface area contributed by atoms with Gasteiger partial charge in [-0.2, -0.15) is 0 Å². The van der Waals surface area contributed by atoms with Crippen LogP contribution in [0.2, 0.25) is 0 Å². The van der Waals surface area contributed by atoms with Crippen LogP contribution in [-0.2, 0) is 0 Å². The first-order chi connectivity index (χ1) is 13.1. The van der Waals surface area contributed by atoms with E-state index in [1.54, 1.807) is 12.3 Å². The Morgan fingerprint density at radius 3 is 2.33 bits per heavy atom. The fraction of sp³-hybridized carbons (Fsp3) is 0.381. The molecule has 5 nitrogen and oxygen atoms in total. The molecule has 0 spiro atoms. The summed E-state index contributed by atoms with van der Waals surface area (Å²) in [7, 11) is 0. The van der Waals surface area contributed by atoms with Gasteiger partial charge in [0, 0.05) is 34.8 Å². The Kier molecular flexibility index (Phi) is 5.27. The molecule has 6 heteroatoms. The van der Waals surface area contributed by atoms with Gasteiger partial charge in [0.25, 0.3) is 5.91 Å². The number of hydrogen-bond acceptors (Lipinski definition) is 5. The maximum Gasteiger partial charge on any atom is 0.251 e. The first-order valence-corrected chi connectivity index (χ1v) is 10.2. The zero-order valence-corrected chi connectivity index (χ0v) is 16.2. The summed E-state index contributed by atoms with van der Waals surface area (Å²) >= 11 is 1.51. The molecule has 3 aliphatic rings. The van der Waals surface area contributed by atoms with Crippen molar-refractivity contribution in [2.75, 3.05) is 19.6 Å². The summed E-state index contributed by atoms with van der Waals surface area (Å²) in [4.78, 5) is 31.7. The number of Topliss-reactive ketones (excluding diaryl/α,β-unsaturated/α-hetero) is 1. The van der Waals surface area contributed by atoms with Crippen LogP contribution in [-0.4, -0.2) is 47.3 Å². The van der Waals surface area contributed by atoms with Crippen molar-refractivity contribution in [1.29, 1.82) is 0 Å². The van der Waals surface area contributed by atoms with Crippen molar-refractivity contribution in [2.24, 2.45) is 5.92 Å². The van der Waals surface area contributed by atoms with Crippen molar-refractivity contribution < 1.29 is 9.59 Å². The minimum Gasteiger partial charge on any atom is -0.348 e. The third kappa shape index (κ3) is 4.22. The van der Waals surface area contributed by atoms with Gasteiger partial charge < -0.3 is 10.2 Å². The molecule has 1 aromatic heterocycles. The predicted molar refractivity (Wildman–Crippen MR) is 105 cm³/mol. The first kappa shape index (κ1) is 18.2. The summed E-state index contributed by atoms with van der Waals surface area (Å²) in [5.41, 5.74) is 1.30. The molecule has 2 bridgehead atoms. The molecule has 0 aliphatic carbocycles. The van der Waals surface area contributed by atoms with Crippen LogP contribution >= 0.6 is 11.8 Å². The topological polar surface area (TPSA) is 62.3 Å². The number of carbonyl (C=O) groups is 2. The third-order valence-electron chi connectivity index (χ3n) is 5.45. The highest BCUT2D eigenvalue weighted by molar-refractivity contribution is 7.99. The van der Waals surface area contributed by atoms with Crippen molar-refractivity contribution in [3.05, 3.63) is 53.7 Å². The largest absolute Gasteiger partial charge is 0.348 e. The molecule has 1 atom stereocenters. The van der Waals surface area contributed by atoms with Gasteiger partial charge in [0.05, 0.1) is 0 Å². The molecule has 27 heavy (non-hydrogen) atoms. The predicted octanol–water partition coefficient (Wildman–Crippen LogP) is 3.26. The maximum absolute atomic E-state index is 12.6. The number of carbonyl (C=O) groups excluding carboxylic acids is 2. The number of rotatable bonds is 5. The Bertz CT molecular complexity index is 828.